The van der Waals surface area contributed by atoms with Crippen LogP contribution in [-0.4, -0.2) is 4.98 Å². The summed E-state index contributed by atoms with van der Waals surface area (Å²) in [5.41, 5.74) is 4.61. The fraction of sp³-hybridized carbons (Fsp3) is 0.148. The highest BCUT2D eigenvalue weighted by Crippen LogP contribution is 2.44. The summed E-state index contributed by atoms with van der Waals surface area (Å²) in [7, 11) is -0.902. The summed E-state index contributed by atoms with van der Waals surface area (Å²) in [4.78, 5) is 5.09. The van der Waals surface area contributed by atoms with Gasteiger partial charge in [0.25, 0.3) is 0 Å². The number of fused-ring (bicyclic) bond motifs is 1. The summed E-state index contributed by atoms with van der Waals surface area (Å²) in [5.74, 6) is 0. The molecular weight excluding hydrogens is 385 g/mol. The van der Waals surface area contributed by atoms with Crippen LogP contribution in [-0.2, 0) is 10.9 Å². The molecule has 0 saturated heterocycles. The van der Waals surface area contributed by atoms with Gasteiger partial charge in [-0.25, -0.2) is 4.98 Å². The van der Waals surface area contributed by atoms with Crippen molar-refractivity contribution in [1.29, 1.82) is 0 Å². The highest BCUT2D eigenvalue weighted by atomic mass is 31.1. The Kier molecular flexibility index (Phi) is 5.70. The number of pyridine rings is 1. The average molecular weight is 409 g/mol. The average Bonchev–Trinajstić information content (AvgIpc) is 2.84. The van der Waals surface area contributed by atoms with Crippen LogP contribution in [0, 0.1) is 0 Å². The van der Waals surface area contributed by atoms with Crippen molar-refractivity contribution >= 4 is 18.8 Å². The van der Waals surface area contributed by atoms with Crippen LogP contribution in [0.5, 0.6) is 0 Å². The summed E-state index contributed by atoms with van der Waals surface area (Å²) in [5, 5.41) is 2.48. The van der Waals surface area contributed by atoms with Gasteiger partial charge in [0, 0.05) is 16.2 Å². The predicted molar refractivity (Wildman–Crippen MR) is 126 cm³/mol. The zero-order chi connectivity index (χ0) is 20.2. The Morgan fingerprint density at radius 1 is 0.700 bits per heavy atom. The number of rotatable bonds is 5. The normalized spacial score (nSPS) is 15.7. The van der Waals surface area contributed by atoms with E-state index in [0.29, 0.717) is 0 Å². The van der Waals surface area contributed by atoms with Gasteiger partial charge in [0.05, 0.1) is 19.5 Å². The molecule has 0 N–H and O–H groups in total. The van der Waals surface area contributed by atoms with Crippen LogP contribution >= 0.6 is 8.15 Å². The molecule has 0 bridgehead atoms. The van der Waals surface area contributed by atoms with E-state index in [4.69, 9.17) is 9.51 Å². The molecule has 1 heterocycles. The van der Waals surface area contributed by atoms with Gasteiger partial charge in [0.15, 0.2) is 0 Å². The van der Waals surface area contributed by atoms with Crippen molar-refractivity contribution in [3.05, 3.63) is 114 Å². The van der Waals surface area contributed by atoms with Crippen LogP contribution in [0.3, 0.4) is 0 Å². The molecule has 2 nitrogen and oxygen atoms in total. The number of aryl methyl sites for hydroxylation is 1. The Morgan fingerprint density at radius 2 is 1.30 bits per heavy atom. The summed E-state index contributed by atoms with van der Waals surface area (Å²) >= 11 is 0. The number of aromatic nitrogens is 1. The third-order valence-corrected chi connectivity index (χ3v) is 7.51. The minimum absolute atomic E-state index is 0.0175. The first-order valence-corrected chi connectivity index (χ1v) is 11.8. The largest absolute Gasteiger partial charge is 0.340 e. The molecule has 0 spiro atoms. The molecule has 0 saturated carbocycles. The number of nitrogens with zero attached hydrogens (tertiary/aromatic N) is 1. The van der Waals surface area contributed by atoms with Gasteiger partial charge in [-0.1, -0.05) is 97.1 Å². The van der Waals surface area contributed by atoms with Gasteiger partial charge >= 0.3 is 0 Å². The standard InChI is InChI=1S/C27H24NOP/c1-4-11-21(12-5-1)25-20-19-22-13-10-18-26(27(22)28-25)29-30(23-14-6-2-7-15-23)24-16-8-3-9-17-24/h1-9,11-12,14-17,19-20,26H,10,13,18H2/t26-/m1/s1. The summed E-state index contributed by atoms with van der Waals surface area (Å²) in [6.45, 7) is 0. The maximum Gasteiger partial charge on any atom is 0.105 e. The molecule has 1 atom stereocenters. The molecule has 0 radical (unpaired) electrons. The predicted octanol–water partition coefficient (Wildman–Crippen LogP) is 6.19. The lowest BCUT2D eigenvalue weighted by Gasteiger charge is -2.29. The van der Waals surface area contributed by atoms with E-state index >= 15 is 0 Å². The minimum atomic E-state index is -0.902. The van der Waals surface area contributed by atoms with E-state index in [1.54, 1.807) is 0 Å². The quantitative estimate of drug-likeness (QED) is 0.367. The van der Waals surface area contributed by atoms with Crippen LogP contribution in [0.2, 0.25) is 0 Å². The molecule has 0 aliphatic heterocycles. The van der Waals surface area contributed by atoms with Crippen molar-refractivity contribution in [3.8, 4) is 11.3 Å². The molecule has 1 aliphatic carbocycles. The molecule has 0 unspecified atom stereocenters. The molecular formula is C27H24NOP. The second-order valence-corrected chi connectivity index (χ2v) is 9.39. The van der Waals surface area contributed by atoms with E-state index in [2.05, 4.69) is 97.1 Å². The van der Waals surface area contributed by atoms with Crippen molar-refractivity contribution in [3.63, 3.8) is 0 Å². The monoisotopic (exact) mass is 409 g/mol. The van der Waals surface area contributed by atoms with Crippen LogP contribution in [0.4, 0.5) is 0 Å². The Bertz CT molecular complexity index is 1060. The van der Waals surface area contributed by atoms with Crippen molar-refractivity contribution in [2.45, 2.75) is 25.4 Å². The highest BCUT2D eigenvalue weighted by molar-refractivity contribution is 7.68. The number of hydrogen-bond acceptors (Lipinski definition) is 2. The van der Waals surface area contributed by atoms with Gasteiger partial charge in [-0.15, -0.1) is 0 Å². The molecule has 3 aromatic carbocycles. The Balaban J connectivity index is 1.51. The second kappa shape index (κ2) is 8.92. The lowest BCUT2D eigenvalue weighted by atomic mass is 9.93. The summed E-state index contributed by atoms with van der Waals surface area (Å²) < 4.78 is 6.88. The minimum Gasteiger partial charge on any atom is -0.340 e. The van der Waals surface area contributed by atoms with Crippen molar-refractivity contribution in [1.82, 2.24) is 4.98 Å². The Hall–Kier alpha value is -2.80. The van der Waals surface area contributed by atoms with Gasteiger partial charge in [-0.2, -0.15) is 0 Å². The molecule has 4 aromatic rings. The number of hydrogen-bond donors (Lipinski definition) is 0. The Labute approximate surface area is 179 Å². The lowest BCUT2D eigenvalue weighted by Crippen LogP contribution is -2.19. The van der Waals surface area contributed by atoms with E-state index in [-0.39, 0.29) is 6.10 Å². The van der Waals surface area contributed by atoms with E-state index in [1.807, 2.05) is 6.07 Å². The maximum absolute atomic E-state index is 6.88. The summed E-state index contributed by atoms with van der Waals surface area (Å²) in [6.07, 6.45) is 3.24. The van der Waals surface area contributed by atoms with Crippen molar-refractivity contribution in [2.24, 2.45) is 0 Å². The van der Waals surface area contributed by atoms with Gasteiger partial charge in [-0.3, -0.25) is 0 Å². The van der Waals surface area contributed by atoms with Crippen LogP contribution < -0.4 is 10.6 Å². The van der Waals surface area contributed by atoms with E-state index in [0.717, 1.165) is 36.2 Å². The zero-order valence-electron chi connectivity index (χ0n) is 16.8. The van der Waals surface area contributed by atoms with E-state index in [9.17, 15) is 0 Å². The zero-order valence-corrected chi connectivity index (χ0v) is 17.7. The van der Waals surface area contributed by atoms with Gasteiger partial charge in [0.1, 0.15) is 6.10 Å². The van der Waals surface area contributed by atoms with Crippen LogP contribution in [0.15, 0.2) is 103 Å². The fourth-order valence-electron chi connectivity index (χ4n) is 4.01. The highest BCUT2D eigenvalue weighted by Gasteiger charge is 2.27. The first kappa shape index (κ1) is 19.2. The van der Waals surface area contributed by atoms with Crippen LogP contribution in [0.1, 0.15) is 30.2 Å². The topological polar surface area (TPSA) is 22.1 Å². The molecule has 30 heavy (non-hydrogen) atoms. The van der Waals surface area contributed by atoms with E-state index in [1.165, 1.54) is 16.2 Å². The second-order valence-electron chi connectivity index (χ2n) is 7.56. The third kappa shape index (κ3) is 4.07. The van der Waals surface area contributed by atoms with Gasteiger partial charge in [-0.05, 0) is 30.9 Å². The lowest BCUT2D eigenvalue weighted by molar-refractivity contribution is 0.205. The molecule has 148 valence electrons. The molecule has 5 rings (SSSR count). The Morgan fingerprint density at radius 3 is 1.93 bits per heavy atom. The van der Waals surface area contributed by atoms with Gasteiger partial charge in [0.2, 0.25) is 0 Å². The first-order valence-electron chi connectivity index (χ1n) is 10.5. The molecule has 1 aliphatic rings. The third-order valence-electron chi connectivity index (χ3n) is 5.51. The smallest absolute Gasteiger partial charge is 0.105 e. The first-order chi connectivity index (χ1) is 14.9. The van der Waals surface area contributed by atoms with Crippen LogP contribution in [0.25, 0.3) is 11.3 Å². The van der Waals surface area contributed by atoms with Gasteiger partial charge < -0.3 is 4.52 Å². The molecule has 0 fully saturated rings. The molecule has 0 amide bonds. The van der Waals surface area contributed by atoms with Crippen molar-refractivity contribution in [2.75, 3.05) is 0 Å². The molecule has 1 aromatic heterocycles. The molecule has 3 heteroatoms. The number of benzene rings is 3. The maximum atomic E-state index is 6.88. The fourth-order valence-corrected chi connectivity index (χ4v) is 5.89. The SMILES string of the molecule is c1ccc(-c2ccc3c(n2)[C@H](OP(c2ccccc2)c2ccccc2)CCC3)cc1. The van der Waals surface area contributed by atoms with Crippen molar-refractivity contribution < 1.29 is 4.52 Å². The van der Waals surface area contributed by atoms with E-state index < -0.39 is 8.15 Å². The summed E-state index contributed by atoms with van der Waals surface area (Å²) in [6, 6.07) is 36.0.